The zero-order valence-corrected chi connectivity index (χ0v) is 11.9. The Labute approximate surface area is 110 Å². The molecule has 0 aliphatic rings. The normalized spacial score (nSPS) is 12.5. The third-order valence-electron chi connectivity index (χ3n) is 2.36. The Hall–Kier alpha value is -0.250. The molecule has 1 unspecified atom stereocenters. The van der Waals surface area contributed by atoms with Gasteiger partial charge in [0.15, 0.2) is 0 Å². The Kier molecular flexibility index (Phi) is 6.17. The first-order valence-corrected chi connectivity index (χ1v) is 6.61. The van der Waals surface area contributed by atoms with Crippen molar-refractivity contribution in [2.24, 2.45) is 0 Å². The van der Waals surface area contributed by atoms with Crippen molar-refractivity contribution < 1.29 is 4.74 Å². The summed E-state index contributed by atoms with van der Waals surface area (Å²) < 4.78 is 6.56. The van der Waals surface area contributed by atoms with Crippen LogP contribution in [0.5, 0.6) is 5.75 Å². The molecule has 0 aliphatic carbocycles. The zero-order valence-electron chi connectivity index (χ0n) is 9.59. The summed E-state index contributed by atoms with van der Waals surface area (Å²) in [5, 5.41) is 4.00. The van der Waals surface area contributed by atoms with Crippen LogP contribution in [0.2, 0.25) is 5.02 Å². The molecule has 1 aromatic carbocycles. The van der Waals surface area contributed by atoms with Crippen LogP contribution in [-0.4, -0.2) is 19.2 Å². The summed E-state index contributed by atoms with van der Waals surface area (Å²) >= 11 is 9.38. The largest absolute Gasteiger partial charge is 0.491 e. The van der Waals surface area contributed by atoms with Crippen LogP contribution in [0.4, 0.5) is 0 Å². The first-order valence-electron chi connectivity index (χ1n) is 5.44. The van der Waals surface area contributed by atoms with Gasteiger partial charge in [0.05, 0.1) is 5.02 Å². The summed E-state index contributed by atoms with van der Waals surface area (Å²) in [6.07, 6.45) is 1.12. The number of rotatable bonds is 6. The molecule has 4 heteroatoms. The van der Waals surface area contributed by atoms with Crippen molar-refractivity contribution in [1.82, 2.24) is 5.32 Å². The van der Waals surface area contributed by atoms with Gasteiger partial charge in [0.1, 0.15) is 12.4 Å². The maximum Gasteiger partial charge on any atom is 0.139 e. The molecule has 0 aromatic heterocycles. The molecular weight excluding hydrogens is 289 g/mol. The molecule has 1 N–H and O–H groups in total. The molecular formula is C12H17BrClNO. The Morgan fingerprint density at radius 1 is 1.50 bits per heavy atom. The van der Waals surface area contributed by atoms with E-state index in [1.54, 1.807) is 0 Å². The Balaban J connectivity index is 2.34. The minimum atomic E-state index is 0.529. The summed E-state index contributed by atoms with van der Waals surface area (Å²) in [6, 6.07) is 6.13. The van der Waals surface area contributed by atoms with Crippen LogP contribution < -0.4 is 10.1 Å². The number of hydrogen-bond acceptors (Lipinski definition) is 2. The van der Waals surface area contributed by atoms with Gasteiger partial charge in [-0.1, -0.05) is 34.5 Å². The van der Waals surface area contributed by atoms with E-state index in [9.17, 15) is 0 Å². The van der Waals surface area contributed by atoms with Gasteiger partial charge >= 0.3 is 0 Å². The highest BCUT2D eigenvalue weighted by Gasteiger charge is 2.02. The van der Waals surface area contributed by atoms with Crippen molar-refractivity contribution in [2.75, 3.05) is 13.2 Å². The molecule has 0 saturated carbocycles. The molecule has 0 aliphatic heterocycles. The highest BCUT2D eigenvalue weighted by molar-refractivity contribution is 9.10. The second-order valence-electron chi connectivity index (χ2n) is 3.69. The van der Waals surface area contributed by atoms with E-state index in [1.807, 2.05) is 18.2 Å². The van der Waals surface area contributed by atoms with E-state index in [0.29, 0.717) is 17.7 Å². The lowest BCUT2D eigenvalue weighted by Crippen LogP contribution is -2.29. The van der Waals surface area contributed by atoms with E-state index in [4.69, 9.17) is 16.3 Å². The minimum absolute atomic E-state index is 0.529. The number of nitrogens with one attached hydrogen (secondary N) is 1. The fraction of sp³-hybridized carbons (Fsp3) is 0.500. The van der Waals surface area contributed by atoms with Crippen LogP contribution in [-0.2, 0) is 0 Å². The smallest absolute Gasteiger partial charge is 0.139 e. The van der Waals surface area contributed by atoms with Crippen molar-refractivity contribution in [3.63, 3.8) is 0 Å². The van der Waals surface area contributed by atoms with E-state index in [0.717, 1.165) is 23.2 Å². The van der Waals surface area contributed by atoms with E-state index in [1.165, 1.54) is 0 Å². The minimum Gasteiger partial charge on any atom is -0.491 e. The van der Waals surface area contributed by atoms with E-state index < -0.39 is 0 Å². The predicted molar refractivity (Wildman–Crippen MR) is 72.4 cm³/mol. The monoisotopic (exact) mass is 305 g/mol. The fourth-order valence-corrected chi connectivity index (χ4v) is 1.71. The highest BCUT2D eigenvalue weighted by Crippen LogP contribution is 2.27. The van der Waals surface area contributed by atoms with Gasteiger partial charge < -0.3 is 10.1 Å². The Morgan fingerprint density at radius 3 is 2.94 bits per heavy atom. The van der Waals surface area contributed by atoms with Gasteiger partial charge in [-0.25, -0.2) is 0 Å². The highest BCUT2D eigenvalue weighted by atomic mass is 79.9. The molecule has 1 rings (SSSR count). The van der Waals surface area contributed by atoms with Crippen LogP contribution in [0.3, 0.4) is 0 Å². The number of halogens is 2. The molecule has 2 nitrogen and oxygen atoms in total. The number of benzene rings is 1. The van der Waals surface area contributed by atoms with E-state index in [-0.39, 0.29) is 0 Å². The lowest BCUT2D eigenvalue weighted by Gasteiger charge is -2.12. The van der Waals surface area contributed by atoms with Crippen LogP contribution in [0, 0.1) is 0 Å². The van der Waals surface area contributed by atoms with Crippen molar-refractivity contribution in [1.29, 1.82) is 0 Å². The second-order valence-corrected chi connectivity index (χ2v) is 5.01. The SMILES string of the molecule is CCC(C)NCCOc1cc(Br)ccc1Cl. The molecule has 0 spiro atoms. The van der Waals surface area contributed by atoms with E-state index in [2.05, 4.69) is 35.1 Å². The molecule has 1 atom stereocenters. The quantitative estimate of drug-likeness (QED) is 0.806. The molecule has 0 heterocycles. The van der Waals surface area contributed by atoms with Crippen LogP contribution in [0.15, 0.2) is 22.7 Å². The van der Waals surface area contributed by atoms with Crippen molar-refractivity contribution in [3.8, 4) is 5.75 Å². The summed E-state index contributed by atoms with van der Waals surface area (Å²) in [5.74, 6) is 0.724. The van der Waals surface area contributed by atoms with Gasteiger partial charge in [-0.3, -0.25) is 0 Å². The van der Waals surface area contributed by atoms with Gasteiger partial charge in [-0.15, -0.1) is 0 Å². The van der Waals surface area contributed by atoms with Crippen molar-refractivity contribution in [3.05, 3.63) is 27.7 Å². The topological polar surface area (TPSA) is 21.3 Å². The molecule has 0 bridgehead atoms. The van der Waals surface area contributed by atoms with Crippen molar-refractivity contribution >= 4 is 27.5 Å². The average Bonchev–Trinajstić information content (AvgIpc) is 2.28. The van der Waals surface area contributed by atoms with Gasteiger partial charge in [0.25, 0.3) is 0 Å². The molecule has 90 valence electrons. The number of ether oxygens (including phenoxy) is 1. The molecule has 0 fully saturated rings. The van der Waals surface area contributed by atoms with Gasteiger partial charge in [0.2, 0.25) is 0 Å². The lowest BCUT2D eigenvalue weighted by atomic mass is 10.3. The second kappa shape index (κ2) is 7.15. The number of hydrogen-bond donors (Lipinski definition) is 1. The molecule has 0 radical (unpaired) electrons. The van der Waals surface area contributed by atoms with Crippen LogP contribution in [0.1, 0.15) is 20.3 Å². The first-order chi connectivity index (χ1) is 7.63. The maximum atomic E-state index is 6.00. The van der Waals surface area contributed by atoms with Gasteiger partial charge in [0, 0.05) is 17.1 Å². The zero-order chi connectivity index (χ0) is 12.0. The predicted octanol–water partition coefficient (Wildman–Crippen LogP) is 3.87. The summed E-state index contributed by atoms with van der Waals surface area (Å²) in [5.41, 5.74) is 0. The summed E-state index contributed by atoms with van der Waals surface area (Å²) in [6.45, 7) is 5.77. The first kappa shape index (κ1) is 13.8. The molecule has 16 heavy (non-hydrogen) atoms. The van der Waals surface area contributed by atoms with Gasteiger partial charge in [-0.2, -0.15) is 0 Å². The van der Waals surface area contributed by atoms with E-state index >= 15 is 0 Å². The standard InChI is InChI=1S/C12H17BrClNO/c1-3-9(2)15-6-7-16-12-8-10(13)4-5-11(12)14/h4-5,8-9,15H,3,6-7H2,1-2H3. The van der Waals surface area contributed by atoms with Gasteiger partial charge in [-0.05, 0) is 31.5 Å². The molecule has 0 saturated heterocycles. The summed E-state index contributed by atoms with van der Waals surface area (Å²) in [4.78, 5) is 0. The third kappa shape index (κ3) is 4.73. The Bertz CT molecular complexity index is 333. The van der Waals surface area contributed by atoms with Crippen molar-refractivity contribution in [2.45, 2.75) is 26.3 Å². The molecule has 1 aromatic rings. The third-order valence-corrected chi connectivity index (χ3v) is 3.16. The maximum absolute atomic E-state index is 6.00. The van der Waals surface area contributed by atoms with Crippen LogP contribution in [0.25, 0.3) is 0 Å². The average molecular weight is 307 g/mol. The molecule has 0 amide bonds. The summed E-state index contributed by atoms with van der Waals surface area (Å²) in [7, 11) is 0. The fourth-order valence-electron chi connectivity index (χ4n) is 1.20. The van der Waals surface area contributed by atoms with Crippen LogP contribution >= 0.6 is 27.5 Å². The Morgan fingerprint density at radius 2 is 2.25 bits per heavy atom. The lowest BCUT2D eigenvalue weighted by molar-refractivity contribution is 0.306.